The molecular weight excluding hydrogens is 448 g/mol. The van der Waals surface area contributed by atoms with Crippen LogP contribution in [0.1, 0.15) is 72.1 Å². The molecular formula is C20H30Br2O3. The fraction of sp³-hybridized carbons (Fsp3) is 0.950. The molecule has 3 nitrogen and oxygen atoms in total. The molecule has 3 saturated carbocycles. The van der Waals surface area contributed by atoms with E-state index in [2.05, 4.69) is 52.6 Å². The normalized spacial score (nSPS) is 54.2. The van der Waals surface area contributed by atoms with Gasteiger partial charge < -0.3 is 9.84 Å². The van der Waals surface area contributed by atoms with Crippen molar-refractivity contribution in [3.63, 3.8) is 0 Å². The highest BCUT2D eigenvalue weighted by Crippen LogP contribution is 2.67. The lowest BCUT2D eigenvalue weighted by Gasteiger charge is -2.48. The van der Waals surface area contributed by atoms with Gasteiger partial charge in [0.2, 0.25) is 0 Å². The average molecular weight is 478 g/mol. The van der Waals surface area contributed by atoms with E-state index in [-0.39, 0.29) is 33.1 Å². The largest absolute Gasteiger partial charge is 0.459 e. The van der Waals surface area contributed by atoms with Crippen LogP contribution in [-0.4, -0.2) is 31.9 Å². The third kappa shape index (κ3) is 2.61. The number of alkyl halides is 2. The number of hydrogen-bond acceptors (Lipinski definition) is 3. The lowest BCUT2D eigenvalue weighted by atomic mass is 9.59. The minimum Gasteiger partial charge on any atom is -0.459 e. The number of halogens is 2. The Hall–Kier alpha value is 0.390. The summed E-state index contributed by atoms with van der Waals surface area (Å²) < 4.78 is 5.95. The van der Waals surface area contributed by atoms with E-state index in [1.54, 1.807) is 0 Å². The molecule has 3 aliphatic carbocycles. The van der Waals surface area contributed by atoms with Crippen LogP contribution in [0, 0.1) is 22.7 Å². The Morgan fingerprint density at radius 1 is 1.08 bits per heavy atom. The summed E-state index contributed by atoms with van der Waals surface area (Å²) in [5.41, 5.74) is -1.19. The zero-order valence-corrected chi connectivity index (χ0v) is 18.7. The molecule has 142 valence electrons. The van der Waals surface area contributed by atoms with E-state index < -0.39 is 5.60 Å². The fourth-order valence-corrected chi connectivity index (χ4v) is 8.20. The number of esters is 1. The van der Waals surface area contributed by atoms with Crippen molar-refractivity contribution in [1.29, 1.82) is 0 Å². The Balaban J connectivity index is 1.60. The van der Waals surface area contributed by atoms with Crippen molar-refractivity contribution in [1.82, 2.24) is 0 Å². The van der Waals surface area contributed by atoms with Gasteiger partial charge in [-0.15, -0.1) is 0 Å². The van der Waals surface area contributed by atoms with E-state index in [9.17, 15) is 9.90 Å². The third-order valence-electron chi connectivity index (χ3n) is 7.91. The molecule has 2 bridgehead atoms. The number of ether oxygens (including phenoxy) is 1. The molecule has 0 aromatic heterocycles. The molecule has 4 aliphatic rings. The number of carbonyl (C=O) groups is 1. The number of hydrogen-bond donors (Lipinski definition) is 1. The topological polar surface area (TPSA) is 46.5 Å². The van der Waals surface area contributed by atoms with Crippen molar-refractivity contribution in [2.24, 2.45) is 22.7 Å². The van der Waals surface area contributed by atoms with E-state index in [1.807, 2.05) is 0 Å². The Kier molecular flexibility index (Phi) is 4.27. The van der Waals surface area contributed by atoms with Gasteiger partial charge in [0.05, 0.1) is 11.0 Å². The highest BCUT2D eigenvalue weighted by atomic mass is 79.9. The van der Waals surface area contributed by atoms with Crippen LogP contribution in [0.5, 0.6) is 0 Å². The maximum Gasteiger partial charge on any atom is 0.314 e. The summed E-state index contributed by atoms with van der Waals surface area (Å²) in [4.78, 5) is 13.5. The molecule has 0 unspecified atom stereocenters. The Morgan fingerprint density at radius 3 is 2.44 bits per heavy atom. The van der Waals surface area contributed by atoms with E-state index in [1.165, 1.54) is 0 Å². The molecule has 0 amide bonds. The maximum absolute atomic E-state index is 12.8. The average Bonchev–Trinajstić information content (AvgIpc) is 2.96. The Bertz CT molecular complexity index is 593. The van der Waals surface area contributed by atoms with Gasteiger partial charge >= 0.3 is 5.97 Å². The monoisotopic (exact) mass is 476 g/mol. The van der Waals surface area contributed by atoms with Gasteiger partial charge in [0.1, 0.15) is 5.60 Å². The van der Waals surface area contributed by atoms with Gasteiger partial charge in [-0.1, -0.05) is 45.7 Å². The molecule has 5 heteroatoms. The zero-order chi connectivity index (χ0) is 18.3. The summed E-state index contributed by atoms with van der Waals surface area (Å²) in [6, 6.07) is 0. The van der Waals surface area contributed by atoms with Crippen molar-refractivity contribution in [2.75, 3.05) is 0 Å². The molecule has 1 aliphatic heterocycles. The number of carbonyl (C=O) groups excluding carboxylic acids is 1. The van der Waals surface area contributed by atoms with Crippen molar-refractivity contribution in [3.8, 4) is 0 Å². The van der Waals surface area contributed by atoms with Gasteiger partial charge in [-0.25, -0.2) is 0 Å². The smallest absolute Gasteiger partial charge is 0.314 e. The van der Waals surface area contributed by atoms with Gasteiger partial charge in [-0.3, -0.25) is 4.79 Å². The van der Waals surface area contributed by atoms with Crippen LogP contribution in [0.25, 0.3) is 0 Å². The zero-order valence-electron chi connectivity index (χ0n) is 15.5. The fourth-order valence-electron chi connectivity index (χ4n) is 6.88. The summed E-state index contributed by atoms with van der Waals surface area (Å²) in [5.74, 6) is 0.641. The van der Waals surface area contributed by atoms with Gasteiger partial charge in [0.15, 0.2) is 0 Å². The van der Waals surface area contributed by atoms with E-state index in [0.717, 1.165) is 51.4 Å². The van der Waals surface area contributed by atoms with Crippen LogP contribution in [-0.2, 0) is 9.53 Å². The lowest BCUT2D eigenvalue weighted by Crippen LogP contribution is -2.51. The van der Waals surface area contributed by atoms with Crippen LogP contribution >= 0.6 is 31.9 Å². The standard InChI is InChI=1S/C20H30Br2O3/c1-17(2)11-19(24,8-6-13(17)21)10-12-4-9-20-14(22)5-7-18(3,15(12)20)25-16(20)23/h12-15,24H,4-11H2,1-3H3/t12-,13-,14-,15+,18+,19-,20+/m0/s1. The van der Waals surface area contributed by atoms with E-state index in [0.29, 0.717) is 10.7 Å². The predicted molar refractivity (Wildman–Crippen MR) is 105 cm³/mol. The second-order valence-corrected chi connectivity index (χ2v) is 12.3. The molecule has 25 heavy (non-hydrogen) atoms. The minimum absolute atomic E-state index is 0.0124. The highest BCUT2D eigenvalue weighted by Gasteiger charge is 2.72. The van der Waals surface area contributed by atoms with Crippen molar-refractivity contribution >= 4 is 37.8 Å². The first-order valence-electron chi connectivity index (χ1n) is 9.76. The highest BCUT2D eigenvalue weighted by molar-refractivity contribution is 9.09. The molecule has 1 N–H and O–H groups in total. The van der Waals surface area contributed by atoms with Crippen molar-refractivity contribution in [2.45, 2.75) is 93.0 Å². The van der Waals surface area contributed by atoms with Crippen LogP contribution in [0.2, 0.25) is 0 Å². The Labute approximate surface area is 167 Å². The van der Waals surface area contributed by atoms with Gasteiger partial charge in [0.25, 0.3) is 0 Å². The summed E-state index contributed by atoms with van der Waals surface area (Å²) in [7, 11) is 0. The number of aliphatic hydroxyl groups is 1. The molecule has 0 radical (unpaired) electrons. The van der Waals surface area contributed by atoms with Gasteiger partial charge in [-0.2, -0.15) is 0 Å². The first kappa shape index (κ1) is 18.7. The first-order valence-corrected chi connectivity index (χ1v) is 11.6. The maximum atomic E-state index is 12.8. The molecule has 4 rings (SSSR count). The molecule has 1 heterocycles. The van der Waals surface area contributed by atoms with Crippen molar-refractivity contribution in [3.05, 3.63) is 0 Å². The first-order chi connectivity index (χ1) is 11.5. The van der Waals surface area contributed by atoms with Crippen molar-refractivity contribution < 1.29 is 14.6 Å². The molecule has 7 atom stereocenters. The van der Waals surface area contributed by atoms with E-state index in [4.69, 9.17) is 4.74 Å². The van der Waals surface area contributed by atoms with Crippen LogP contribution in [0.15, 0.2) is 0 Å². The minimum atomic E-state index is -0.609. The second kappa shape index (κ2) is 5.70. The third-order valence-corrected chi connectivity index (χ3v) is 10.9. The Morgan fingerprint density at radius 2 is 1.76 bits per heavy atom. The summed E-state index contributed by atoms with van der Waals surface area (Å²) in [5, 5.41) is 11.4. The molecule has 0 spiro atoms. The quantitative estimate of drug-likeness (QED) is 0.451. The second-order valence-electron chi connectivity index (χ2n) is 10.1. The SMILES string of the molecule is CC1(C)C[C@@](O)(C[C@@H]2CC[C@@]34C(=O)O[C@](C)(CC[C@@H]3Br)[C@@H]24)CC[C@@H]1Br. The van der Waals surface area contributed by atoms with E-state index >= 15 is 0 Å². The summed E-state index contributed by atoms with van der Waals surface area (Å²) in [6.45, 7) is 6.64. The summed E-state index contributed by atoms with van der Waals surface area (Å²) in [6.07, 6.45) is 7.40. The van der Waals surface area contributed by atoms with Gasteiger partial charge in [0, 0.05) is 15.6 Å². The lowest BCUT2D eigenvalue weighted by molar-refractivity contribution is -0.152. The van der Waals surface area contributed by atoms with Crippen LogP contribution in [0.3, 0.4) is 0 Å². The number of rotatable bonds is 2. The predicted octanol–water partition coefficient (Wildman–Crippen LogP) is 4.97. The molecule has 0 aromatic rings. The van der Waals surface area contributed by atoms with Crippen LogP contribution < -0.4 is 0 Å². The van der Waals surface area contributed by atoms with Gasteiger partial charge in [-0.05, 0) is 69.6 Å². The molecule has 1 saturated heterocycles. The summed E-state index contributed by atoms with van der Waals surface area (Å²) >= 11 is 7.63. The molecule has 0 aromatic carbocycles. The van der Waals surface area contributed by atoms with Crippen LogP contribution in [0.4, 0.5) is 0 Å². The molecule has 4 fully saturated rings.